The van der Waals surface area contributed by atoms with Gasteiger partial charge in [-0.25, -0.2) is 0 Å². The smallest absolute Gasteiger partial charge is 0.178 e. The van der Waals surface area contributed by atoms with Gasteiger partial charge in [-0.15, -0.1) is 10.2 Å². The van der Waals surface area contributed by atoms with E-state index in [9.17, 15) is 0 Å². The van der Waals surface area contributed by atoms with Crippen molar-refractivity contribution in [1.82, 2.24) is 20.0 Å². The summed E-state index contributed by atoms with van der Waals surface area (Å²) in [6, 6.07) is 1.93. The molecule has 12 heavy (non-hydrogen) atoms. The van der Waals surface area contributed by atoms with Crippen LogP contribution in [0.25, 0.3) is 10.7 Å². The lowest BCUT2D eigenvalue weighted by molar-refractivity contribution is 0.773. The van der Waals surface area contributed by atoms with Crippen LogP contribution in [0.1, 0.15) is 0 Å². The zero-order valence-corrected chi connectivity index (χ0v) is 9.20. The molecule has 0 aliphatic rings. The van der Waals surface area contributed by atoms with Gasteiger partial charge in [0.1, 0.15) is 0 Å². The number of rotatable bonds is 1. The van der Waals surface area contributed by atoms with Gasteiger partial charge in [0.15, 0.2) is 8.02 Å². The van der Waals surface area contributed by atoms with E-state index >= 15 is 0 Å². The van der Waals surface area contributed by atoms with Gasteiger partial charge in [0.05, 0.1) is 5.69 Å². The Labute approximate surface area is 86.8 Å². The van der Waals surface area contributed by atoms with Gasteiger partial charge >= 0.3 is 0 Å². The molecule has 0 bridgehead atoms. The molecule has 0 aliphatic carbocycles. The zero-order chi connectivity index (χ0) is 8.55. The van der Waals surface area contributed by atoms with Crippen molar-refractivity contribution in [3.05, 3.63) is 15.3 Å². The van der Waals surface area contributed by atoms with E-state index in [0.717, 1.165) is 13.7 Å². The maximum atomic E-state index is 4.06. The molecule has 0 aliphatic heterocycles. The Kier molecular flexibility index (Phi) is 2.09. The van der Waals surface area contributed by atoms with E-state index in [0.29, 0.717) is 0 Å². The van der Waals surface area contributed by atoms with Crippen LogP contribution in [-0.2, 0) is 7.05 Å². The van der Waals surface area contributed by atoms with Crippen LogP contribution in [0.4, 0.5) is 0 Å². The Balaban J connectivity index is 2.50. The molecule has 0 atom stereocenters. The van der Waals surface area contributed by atoms with E-state index in [1.54, 1.807) is 22.2 Å². The van der Waals surface area contributed by atoms with Crippen molar-refractivity contribution in [3.63, 3.8) is 0 Å². The Morgan fingerprint density at radius 3 is 2.83 bits per heavy atom. The van der Waals surface area contributed by atoms with Crippen LogP contribution < -0.4 is 0 Å². The predicted octanol–water partition coefficient (Wildman–Crippen LogP) is 1.54. The molecular formula is C6H5IN4S. The molecule has 0 saturated carbocycles. The summed E-state index contributed by atoms with van der Waals surface area (Å²) in [5.74, 6) is 0. The van der Waals surface area contributed by atoms with Gasteiger partial charge < -0.3 is 0 Å². The molecule has 2 heterocycles. The van der Waals surface area contributed by atoms with Crippen molar-refractivity contribution in [2.75, 3.05) is 0 Å². The number of hydrogen-bond acceptors (Lipinski definition) is 4. The van der Waals surface area contributed by atoms with E-state index in [1.165, 1.54) is 0 Å². The fraction of sp³-hybridized carbons (Fsp3) is 0.167. The molecule has 6 heteroatoms. The minimum absolute atomic E-state index is 0.916. The summed E-state index contributed by atoms with van der Waals surface area (Å²) in [6.45, 7) is 0. The van der Waals surface area contributed by atoms with Crippen LogP contribution in [0, 0.1) is 3.01 Å². The minimum Gasteiger partial charge on any atom is -0.265 e. The van der Waals surface area contributed by atoms with Crippen LogP contribution in [0.15, 0.2) is 12.3 Å². The molecule has 0 amide bonds. The maximum absolute atomic E-state index is 4.06. The summed E-state index contributed by atoms with van der Waals surface area (Å²) >= 11 is 3.72. The summed E-state index contributed by atoms with van der Waals surface area (Å²) in [6.07, 6.45) is 1.75. The second-order valence-electron chi connectivity index (χ2n) is 2.20. The van der Waals surface area contributed by atoms with Gasteiger partial charge in [-0.2, -0.15) is 5.10 Å². The van der Waals surface area contributed by atoms with E-state index in [4.69, 9.17) is 0 Å². The molecule has 2 rings (SSSR count). The average molecular weight is 292 g/mol. The third-order valence-electron chi connectivity index (χ3n) is 1.44. The molecule has 2 aromatic heterocycles. The molecule has 0 fully saturated rings. The van der Waals surface area contributed by atoms with E-state index in [-0.39, 0.29) is 0 Å². The van der Waals surface area contributed by atoms with Crippen LogP contribution in [0.5, 0.6) is 0 Å². The Hall–Kier alpha value is -0.500. The van der Waals surface area contributed by atoms with Crippen molar-refractivity contribution in [1.29, 1.82) is 0 Å². The van der Waals surface area contributed by atoms with Gasteiger partial charge in [-0.3, -0.25) is 4.68 Å². The lowest BCUT2D eigenvalue weighted by Crippen LogP contribution is -1.92. The van der Waals surface area contributed by atoms with Gasteiger partial charge in [0.2, 0.25) is 0 Å². The van der Waals surface area contributed by atoms with E-state index in [1.807, 2.05) is 13.1 Å². The van der Waals surface area contributed by atoms with Crippen LogP contribution in [0.2, 0.25) is 0 Å². The molecule has 0 unspecified atom stereocenters. The fourth-order valence-electron chi connectivity index (χ4n) is 0.893. The number of aromatic nitrogens is 4. The molecular weight excluding hydrogens is 287 g/mol. The summed E-state index contributed by atoms with van der Waals surface area (Å²) in [7, 11) is 1.89. The van der Waals surface area contributed by atoms with Crippen molar-refractivity contribution in [2.24, 2.45) is 7.05 Å². The normalized spacial score (nSPS) is 10.5. The first-order chi connectivity index (χ1) is 5.77. The monoisotopic (exact) mass is 292 g/mol. The lowest BCUT2D eigenvalue weighted by Gasteiger charge is -1.93. The second-order valence-corrected chi connectivity index (χ2v) is 4.93. The number of aryl methyl sites for hydroxylation is 1. The van der Waals surface area contributed by atoms with Gasteiger partial charge in [-0.05, 0) is 28.7 Å². The highest BCUT2D eigenvalue weighted by Gasteiger charge is 2.07. The first-order valence-corrected chi connectivity index (χ1v) is 5.14. The average Bonchev–Trinajstić information content (AvgIpc) is 2.58. The molecule has 4 nitrogen and oxygen atoms in total. The Morgan fingerprint density at radius 2 is 2.33 bits per heavy atom. The molecule has 0 spiro atoms. The van der Waals surface area contributed by atoms with Gasteiger partial charge in [0, 0.05) is 13.2 Å². The Morgan fingerprint density at radius 1 is 1.50 bits per heavy atom. The fourth-order valence-corrected chi connectivity index (χ4v) is 2.25. The molecule has 0 saturated heterocycles. The highest BCUT2D eigenvalue weighted by Crippen LogP contribution is 2.22. The third-order valence-corrected chi connectivity index (χ3v) is 3.05. The first-order valence-electron chi connectivity index (χ1n) is 3.25. The summed E-state index contributed by atoms with van der Waals surface area (Å²) in [4.78, 5) is 0. The highest BCUT2D eigenvalue weighted by atomic mass is 127. The summed E-state index contributed by atoms with van der Waals surface area (Å²) in [5.41, 5.74) is 1.01. The molecule has 2 aromatic rings. The maximum Gasteiger partial charge on any atom is 0.178 e. The Bertz CT molecular complexity index is 394. The van der Waals surface area contributed by atoms with Crippen molar-refractivity contribution in [2.45, 2.75) is 0 Å². The summed E-state index contributed by atoms with van der Waals surface area (Å²) < 4.78 is 2.74. The standard InChI is InChI=1S/C6H5IN4S/c1-11-4(2-3-8-11)5-9-10-6(7)12-5/h2-3H,1H3. The number of nitrogens with zero attached hydrogens (tertiary/aromatic N) is 4. The molecule has 0 aromatic carbocycles. The predicted molar refractivity (Wildman–Crippen MR) is 54.8 cm³/mol. The van der Waals surface area contributed by atoms with Crippen molar-refractivity contribution < 1.29 is 0 Å². The van der Waals surface area contributed by atoms with Crippen molar-refractivity contribution in [3.8, 4) is 10.7 Å². The minimum atomic E-state index is 0.916. The molecule has 0 radical (unpaired) electrons. The highest BCUT2D eigenvalue weighted by molar-refractivity contribution is 14.1. The van der Waals surface area contributed by atoms with Crippen LogP contribution in [-0.4, -0.2) is 20.0 Å². The number of hydrogen-bond donors (Lipinski definition) is 0. The first kappa shape index (κ1) is 8.11. The molecule has 0 N–H and O–H groups in total. The van der Waals surface area contributed by atoms with Gasteiger partial charge in [0.25, 0.3) is 0 Å². The van der Waals surface area contributed by atoms with Crippen LogP contribution >= 0.6 is 33.9 Å². The third kappa shape index (κ3) is 1.36. The largest absolute Gasteiger partial charge is 0.265 e. The van der Waals surface area contributed by atoms with Crippen molar-refractivity contribution >= 4 is 33.9 Å². The van der Waals surface area contributed by atoms with Crippen LogP contribution in [0.3, 0.4) is 0 Å². The van der Waals surface area contributed by atoms with E-state index < -0.39 is 0 Å². The van der Waals surface area contributed by atoms with E-state index in [2.05, 4.69) is 37.9 Å². The quantitative estimate of drug-likeness (QED) is 0.749. The second kappa shape index (κ2) is 3.09. The van der Waals surface area contributed by atoms with Gasteiger partial charge in [-0.1, -0.05) is 11.3 Å². The summed E-state index contributed by atoms with van der Waals surface area (Å²) in [5, 5.41) is 12.9. The topological polar surface area (TPSA) is 43.6 Å². The zero-order valence-electron chi connectivity index (χ0n) is 6.23. The SMILES string of the molecule is Cn1nccc1-c1nnc(I)s1. The molecule has 62 valence electrons. The lowest BCUT2D eigenvalue weighted by atomic mass is 10.4. The number of halogens is 1.